The summed E-state index contributed by atoms with van der Waals surface area (Å²) in [4.78, 5) is 17.7. The van der Waals surface area contributed by atoms with Crippen molar-refractivity contribution in [3.8, 4) is 11.3 Å². The van der Waals surface area contributed by atoms with Crippen LogP contribution >= 0.6 is 0 Å². The number of nitrogens with zero attached hydrogens (tertiary/aromatic N) is 3. The molecule has 0 unspecified atom stereocenters. The maximum Gasteiger partial charge on any atom is 0.217 e. The van der Waals surface area contributed by atoms with Crippen LogP contribution < -0.4 is 4.81 Å². The monoisotopic (exact) mass is 275 g/mol. The van der Waals surface area contributed by atoms with Crippen LogP contribution in [0.4, 0.5) is 11.4 Å². The summed E-state index contributed by atoms with van der Waals surface area (Å²) in [7, 11) is 4.00. The summed E-state index contributed by atoms with van der Waals surface area (Å²) in [5.74, 6) is 0. The molecule has 0 aliphatic heterocycles. The Labute approximate surface area is 123 Å². The van der Waals surface area contributed by atoms with Gasteiger partial charge in [0.2, 0.25) is 7.98 Å². The van der Waals surface area contributed by atoms with Crippen LogP contribution in [0.15, 0.2) is 59.8 Å². The molecule has 5 heteroatoms. The number of hydrogen-bond acceptors (Lipinski definition) is 4. The summed E-state index contributed by atoms with van der Waals surface area (Å²) in [6.07, 6.45) is 0. The van der Waals surface area contributed by atoms with E-state index >= 15 is 0 Å². The molecular formula is C16H14BN3O. The molecule has 1 aromatic heterocycles. The van der Waals surface area contributed by atoms with Gasteiger partial charge < -0.3 is 4.81 Å². The van der Waals surface area contributed by atoms with E-state index in [4.69, 9.17) is 0 Å². The number of fused-ring (bicyclic) bond motifs is 1. The van der Waals surface area contributed by atoms with Crippen molar-refractivity contribution < 1.29 is 0 Å². The van der Waals surface area contributed by atoms with E-state index in [0.29, 0.717) is 5.69 Å². The molecule has 0 fully saturated rings. The lowest BCUT2D eigenvalue weighted by atomic mass is 10.1. The minimum absolute atomic E-state index is 0.423. The van der Waals surface area contributed by atoms with Gasteiger partial charge in [-0.05, 0) is 36.5 Å². The molecule has 0 radical (unpaired) electrons. The topological polar surface area (TPSA) is 45.6 Å². The molecule has 0 atom stereocenters. The molecule has 0 aliphatic rings. The standard InChI is InChI=1S/C16H14BN3O/c1-20(17)12-8-6-11(7-9-12)15-10-16(19-21)13-4-2-3-5-14(13)18-15/h2-10H,17H2,1H3. The Balaban J connectivity index is 2.13. The van der Waals surface area contributed by atoms with Gasteiger partial charge in [0, 0.05) is 16.6 Å². The number of nitroso groups, excluding NO2 is 1. The van der Waals surface area contributed by atoms with Crippen molar-refractivity contribution in [2.45, 2.75) is 0 Å². The zero-order valence-corrected chi connectivity index (χ0v) is 11.9. The van der Waals surface area contributed by atoms with Gasteiger partial charge in [-0.2, -0.15) is 0 Å². The van der Waals surface area contributed by atoms with Gasteiger partial charge >= 0.3 is 0 Å². The van der Waals surface area contributed by atoms with Gasteiger partial charge in [0.05, 0.1) is 11.2 Å². The molecule has 4 nitrogen and oxygen atoms in total. The third kappa shape index (κ3) is 2.50. The summed E-state index contributed by atoms with van der Waals surface area (Å²) < 4.78 is 0. The molecule has 0 aliphatic carbocycles. The normalized spacial score (nSPS) is 10.5. The molecule has 21 heavy (non-hydrogen) atoms. The second-order valence-corrected chi connectivity index (χ2v) is 5.08. The highest BCUT2D eigenvalue weighted by molar-refractivity contribution is 6.17. The van der Waals surface area contributed by atoms with E-state index < -0.39 is 0 Å². The van der Waals surface area contributed by atoms with Crippen molar-refractivity contribution >= 4 is 30.3 Å². The van der Waals surface area contributed by atoms with Gasteiger partial charge in [0.1, 0.15) is 5.69 Å². The Kier molecular flexibility index (Phi) is 3.40. The first-order valence-corrected chi connectivity index (χ1v) is 6.70. The average Bonchev–Trinajstić information content (AvgIpc) is 2.53. The zero-order valence-electron chi connectivity index (χ0n) is 11.9. The molecule has 102 valence electrons. The highest BCUT2D eigenvalue weighted by atomic mass is 16.3. The number of hydrogen-bond donors (Lipinski definition) is 0. The lowest BCUT2D eigenvalue weighted by Crippen LogP contribution is -2.10. The van der Waals surface area contributed by atoms with Crippen LogP contribution in [0.2, 0.25) is 0 Å². The van der Waals surface area contributed by atoms with Crippen molar-refractivity contribution in [1.82, 2.24) is 4.98 Å². The van der Waals surface area contributed by atoms with Crippen molar-refractivity contribution in [1.29, 1.82) is 0 Å². The number of pyridine rings is 1. The molecule has 0 saturated heterocycles. The highest BCUT2D eigenvalue weighted by Gasteiger charge is 2.08. The summed E-state index contributed by atoms with van der Waals surface area (Å²) in [6, 6.07) is 17.3. The van der Waals surface area contributed by atoms with E-state index in [0.717, 1.165) is 27.8 Å². The number of aromatic nitrogens is 1. The lowest BCUT2D eigenvalue weighted by molar-refractivity contribution is 1.33. The largest absolute Gasteiger partial charge is 0.424 e. The molecule has 3 rings (SSSR count). The first kappa shape index (κ1) is 13.3. The van der Waals surface area contributed by atoms with Crippen LogP contribution in [0.1, 0.15) is 0 Å². The summed E-state index contributed by atoms with van der Waals surface area (Å²) in [5.41, 5.74) is 4.05. The van der Waals surface area contributed by atoms with Gasteiger partial charge in [-0.15, -0.1) is 4.91 Å². The fourth-order valence-corrected chi connectivity index (χ4v) is 2.31. The fourth-order valence-electron chi connectivity index (χ4n) is 2.31. The minimum atomic E-state index is 0.423. The van der Waals surface area contributed by atoms with E-state index in [9.17, 15) is 4.91 Å². The van der Waals surface area contributed by atoms with Gasteiger partial charge in [-0.1, -0.05) is 30.3 Å². The van der Waals surface area contributed by atoms with Crippen molar-refractivity contribution in [2.24, 2.45) is 5.18 Å². The predicted octanol–water partition coefficient (Wildman–Crippen LogP) is 3.28. The van der Waals surface area contributed by atoms with Crippen LogP contribution in [-0.4, -0.2) is 20.0 Å². The van der Waals surface area contributed by atoms with E-state index in [1.807, 2.05) is 68.4 Å². The van der Waals surface area contributed by atoms with Gasteiger partial charge in [-0.3, -0.25) is 0 Å². The highest BCUT2D eigenvalue weighted by Crippen LogP contribution is 2.30. The SMILES string of the molecule is BN(C)c1ccc(-c2cc(N=O)c3ccccc3n2)cc1. The third-order valence-electron chi connectivity index (χ3n) is 3.47. The Morgan fingerprint density at radius 1 is 1.10 bits per heavy atom. The molecule has 1 heterocycles. The molecular weight excluding hydrogens is 261 g/mol. The molecule has 0 saturated carbocycles. The third-order valence-corrected chi connectivity index (χ3v) is 3.47. The van der Waals surface area contributed by atoms with E-state index in [1.165, 1.54) is 0 Å². The Hall–Kier alpha value is -2.69. The van der Waals surface area contributed by atoms with Gasteiger partial charge in [-0.25, -0.2) is 4.98 Å². The average molecular weight is 275 g/mol. The van der Waals surface area contributed by atoms with E-state index in [-0.39, 0.29) is 0 Å². The smallest absolute Gasteiger partial charge is 0.217 e. The van der Waals surface area contributed by atoms with Crippen LogP contribution in [0.5, 0.6) is 0 Å². The number of benzene rings is 2. The number of para-hydroxylation sites is 1. The fraction of sp³-hybridized carbons (Fsp3) is 0.0625. The lowest BCUT2D eigenvalue weighted by Gasteiger charge is -2.13. The molecule has 0 amide bonds. The summed E-state index contributed by atoms with van der Waals surface area (Å²) >= 11 is 0. The van der Waals surface area contributed by atoms with Crippen molar-refractivity contribution in [3.05, 3.63) is 59.5 Å². The zero-order chi connectivity index (χ0) is 14.8. The Morgan fingerprint density at radius 3 is 2.48 bits per heavy atom. The summed E-state index contributed by atoms with van der Waals surface area (Å²) in [6.45, 7) is 0. The maximum absolute atomic E-state index is 11.1. The predicted molar refractivity (Wildman–Crippen MR) is 89.6 cm³/mol. The Bertz CT molecular complexity index is 800. The maximum atomic E-state index is 11.1. The van der Waals surface area contributed by atoms with Gasteiger partial charge in [0.15, 0.2) is 0 Å². The second kappa shape index (κ2) is 5.36. The van der Waals surface area contributed by atoms with E-state index in [1.54, 1.807) is 6.07 Å². The van der Waals surface area contributed by atoms with Gasteiger partial charge in [0.25, 0.3) is 0 Å². The van der Waals surface area contributed by atoms with Crippen LogP contribution in [0, 0.1) is 4.91 Å². The molecule has 0 spiro atoms. The molecule has 3 aromatic rings. The first-order valence-electron chi connectivity index (χ1n) is 6.70. The summed E-state index contributed by atoms with van der Waals surface area (Å²) in [5, 5.41) is 3.91. The molecule has 0 bridgehead atoms. The first-order chi connectivity index (χ1) is 10.2. The Morgan fingerprint density at radius 2 is 1.81 bits per heavy atom. The molecule has 2 aromatic carbocycles. The second-order valence-electron chi connectivity index (χ2n) is 5.08. The van der Waals surface area contributed by atoms with Crippen molar-refractivity contribution in [3.63, 3.8) is 0 Å². The number of anilines is 1. The van der Waals surface area contributed by atoms with Crippen LogP contribution in [0.3, 0.4) is 0 Å². The molecule has 0 N–H and O–H groups in total. The quantitative estimate of drug-likeness (QED) is 0.544. The minimum Gasteiger partial charge on any atom is -0.424 e. The van der Waals surface area contributed by atoms with Crippen LogP contribution in [-0.2, 0) is 0 Å². The van der Waals surface area contributed by atoms with Crippen molar-refractivity contribution in [2.75, 3.05) is 11.9 Å². The number of rotatable bonds is 3. The van der Waals surface area contributed by atoms with E-state index in [2.05, 4.69) is 10.2 Å². The van der Waals surface area contributed by atoms with Crippen LogP contribution in [0.25, 0.3) is 22.2 Å².